The zero-order valence-corrected chi connectivity index (χ0v) is 10.4. The van der Waals surface area contributed by atoms with Crippen LogP contribution in [0.2, 0.25) is 5.02 Å². The summed E-state index contributed by atoms with van der Waals surface area (Å²) in [5.74, 6) is 5.58. The number of nitrogens with zero attached hydrogens (tertiary/aromatic N) is 2. The Morgan fingerprint density at radius 3 is 2.65 bits per heavy atom. The molecule has 0 fully saturated rings. The Morgan fingerprint density at radius 2 is 2.12 bits per heavy atom. The van der Waals surface area contributed by atoms with Crippen molar-refractivity contribution in [3.63, 3.8) is 0 Å². The normalized spacial score (nSPS) is 12.6. The molecule has 3 N–H and O–H groups in total. The van der Waals surface area contributed by atoms with Gasteiger partial charge in [-0.15, -0.1) is 0 Å². The maximum absolute atomic E-state index is 5.85. The van der Waals surface area contributed by atoms with Gasteiger partial charge in [-0.05, 0) is 24.1 Å². The van der Waals surface area contributed by atoms with Crippen LogP contribution in [0, 0.1) is 0 Å². The fourth-order valence-electron chi connectivity index (χ4n) is 1.75. The molecule has 2 rings (SSSR count). The van der Waals surface area contributed by atoms with E-state index in [1.165, 1.54) is 5.56 Å². The molecule has 0 bridgehead atoms. The Bertz CT molecular complexity index is 478. The number of nitrogens with one attached hydrogen (secondary N) is 1. The Hall–Kier alpha value is -1.36. The first kappa shape index (κ1) is 12.1. The molecule has 1 atom stereocenters. The number of hydrogen-bond acceptors (Lipinski definition) is 3. The first-order valence-electron chi connectivity index (χ1n) is 5.38. The molecule has 4 nitrogen and oxygen atoms in total. The van der Waals surface area contributed by atoms with E-state index < -0.39 is 0 Å². The second kappa shape index (κ2) is 5.31. The lowest BCUT2D eigenvalue weighted by molar-refractivity contribution is 0.551. The first-order chi connectivity index (χ1) is 8.19. The average Bonchev–Trinajstić information content (AvgIpc) is 2.75. The molecule has 90 valence electrons. The molecule has 0 saturated heterocycles. The molecule has 1 aromatic carbocycles. The SMILES string of the molecule is Cn1cc(C(Cc2ccc(Cl)cc2)NN)cn1. The lowest BCUT2D eigenvalue weighted by atomic mass is 10.0. The van der Waals surface area contributed by atoms with Crippen molar-refractivity contribution in [2.75, 3.05) is 0 Å². The average molecular weight is 251 g/mol. The van der Waals surface area contributed by atoms with Crippen LogP contribution in [0.5, 0.6) is 0 Å². The fourth-order valence-corrected chi connectivity index (χ4v) is 1.88. The van der Waals surface area contributed by atoms with Gasteiger partial charge >= 0.3 is 0 Å². The second-order valence-electron chi connectivity index (χ2n) is 4.00. The van der Waals surface area contributed by atoms with Crippen LogP contribution in [0.1, 0.15) is 17.2 Å². The molecule has 0 spiro atoms. The largest absolute Gasteiger partial charge is 0.275 e. The van der Waals surface area contributed by atoms with Crippen LogP contribution in [-0.2, 0) is 13.5 Å². The Morgan fingerprint density at radius 1 is 1.41 bits per heavy atom. The molecule has 2 aromatic rings. The van der Waals surface area contributed by atoms with Crippen LogP contribution in [0.4, 0.5) is 0 Å². The molecule has 17 heavy (non-hydrogen) atoms. The van der Waals surface area contributed by atoms with Gasteiger partial charge in [0, 0.05) is 23.8 Å². The summed E-state index contributed by atoms with van der Waals surface area (Å²) >= 11 is 5.85. The summed E-state index contributed by atoms with van der Waals surface area (Å²) in [4.78, 5) is 0. The highest BCUT2D eigenvalue weighted by atomic mass is 35.5. The Labute approximate surface area is 105 Å². The molecule has 0 amide bonds. The minimum atomic E-state index is 0.0601. The molecule has 0 saturated carbocycles. The summed E-state index contributed by atoms with van der Waals surface area (Å²) in [7, 11) is 1.89. The van der Waals surface area contributed by atoms with Gasteiger partial charge in [0.15, 0.2) is 0 Å². The number of halogens is 1. The van der Waals surface area contributed by atoms with Crippen LogP contribution in [-0.4, -0.2) is 9.78 Å². The minimum absolute atomic E-state index is 0.0601. The number of aryl methyl sites for hydroxylation is 1. The predicted octanol–water partition coefficient (Wildman–Crippen LogP) is 1.82. The summed E-state index contributed by atoms with van der Waals surface area (Å²) in [5, 5.41) is 4.88. The molecule has 0 aliphatic carbocycles. The van der Waals surface area contributed by atoms with Crippen molar-refractivity contribution in [2.24, 2.45) is 12.9 Å². The van der Waals surface area contributed by atoms with E-state index in [1.807, 2.05) is 43.7 Å². The van der Waals surface area contributed by atoms with Crippen molar-refractivity contribution in [3.05, 3.63) is 52.8 Å². The zero-order valence-electron chi connectivity index (χ0n) is 9.60. The summed E-state index contributed by atoms with van der Waals surface area (Å²) in [5.41, 5.74) is 5.06. The quantitative estimate of drug-likeness (QED) is 0.643. The van der Waals surface area contributed by atoms with E-state index in [0.29, 0.717) is 0 Å². The summed E-state index contributed by atoms with van der Waals surface area (Å²) in [6.45, 7) is 0. The van der Waals surface area contributed by atoms with Gasteiger partial charge in [0.2, 0.25) is 0 Å². The number of benzene rings is 1. The highest BCUT2D eigenvalue weighted by Gasteiger charge is 2.12. The van der Waals surface area contributed by atoms with Crippen molar-refractivity contribution < 1.29 is 0 Å². The van der Waals surface area contributed by atoms with Crippen LogP contribution < -0.4 is 11.3 Å². The third-order valence-electron chi connectivity index (χ3n) is 2.68. The molecule has 1 heterocycles. The maximum Gasteiger partial charge on any atom is 0.0538 e. The van der Waals surface area contributed by atoms with Gasteiger partial charge in [0.25, 0.3) is 0 Å². The Balaban J connectivity index is 2.12. The van der Waals surface area contributed by atoms with Crippen molar-refractivity contribution in [2.45, 2.75) is 12.5 Å². The van der Waals surface area contributed by atoms with Gasteiger partial charge in [0.1, 0.15) is 0 Å². The predicted molar refractivity (Wildman–Crippen MR) is 68.4 cm³/mol. The number of rotatable bonds is 4. The van der Waals surface area contributed by atoms with Gasteiger partial charge in [-0.25, -0.2) is 0 Å². The lowest BCUT2D eigenvalue weighted by Crippen LogP contribution is -2.29. The number of nitrogens with two attached hydrogens (primary N) is 1. The van der Waals surface area contributed by atoms with Crippen LogP contribution in [0.3, 0.4) is 0 Å². The van der Waals surface area contributed by atoms with Crippen LogP contribution in [0.15, 0.2) is 36.7 Å². The topological polar surface area (TPSA) is 55.9 Å². The van der Waals surface area contributed by atoms with E-state index in [9.17, 15) is 0 Å². The zero-order chi connectivity index (χ0) is 12.3. The van der Waals surface area contributed by atoms with Gasteiger partial charge in [0.05, 0.1) is 12.2 Å². The van der Waals surface area contributed by atoms with Crippen molar-refractivity contribution in [1.29, 1.82) is 0 Å². The maximum atomic E-state index is 5.85. The van der Waals surface area contributed by atoms with Gasteiger partial charge < -0.3 is 0 Å². The van der Waals surface area contributed by atoms with E-state index in [1.54, 1.807) is 4.68 Å². The van der Waals surface area contributed by atoms with E-state index in [0.717, 1.165) is 17.0 Å². The smallest absolute Gasteiger partial charge is 0.0538 e. The van der Waals surface area contributed by atoms with E-state index >= 15 is 0 Å². The molecule has 0 aliphatic heterocycles. The summed E-state index contributed by atoms with van der Waals surface area (Å²) in [6.07, 6.45) is 4.58. The Kier molecular flexibility index (Phi) is 3.78. The third kappa shape index (κ3) is 3.06. The van der Waals surface area contributed by atoms with E-state index in [2.05, 4.69) is 10.5 Å². The third-order valence-corrected chi connectivity index (χ3v) is 2.93. The number of hydrogen-bond donors (Lipinski definition) is 2. The minimum Gasteiger partial charge on any atom is -0.275 e. The molecule has 1 aromatic heterocycles. The van der Waals surface area contributed by atoms with Crippen molar-refractivity contribution >= 4 is 11.6 Å². The molecule has 5 heteroatoms. The number of aromatic nitrogens is 2. The monoisotopic (exact) mass is 250 g/mol. The lowest BCUT2D eigenvalue weighted by Gasteiger charge is -2.14. The molecule has 1 unspecified atom stereocenters. The van der Waals surface area contributed by atoms with E-state index in [4.69, 9.17) is 17.4 Å². The van der Waals surface area contributed by atoms with E-state index in [-0.39, 0.29) is 6.04 Å². The molecular formula is C12H15ClN4. The standard InChI is InChI=1S/C12H15ClN4/c1-17-8-10(7-15-17)12(16-14)6-9-2-4-11(13)5-3-9/h2-5,7-8,12,16H,6,14H2,1H3. The van der Waals surface area contributed by atoms with Crippen LogP contribution in [0.25, 0.3) is 0 Å². The molecule has 0 radical (unpaired) electrons. The van der Waals surface area contributed by atoms with Crippen LogP contribution >= 0.6 is 11.6 Å². The molecular weight excluding hydrogens is 236 g/mol. The summed E-state index contributed by atoms with van der Waals surface area (Å²) in [6, 6.07) is 7.83. The van der Waals surface area contributed by atoms with Gasteiger partial charge in [-0.2, -0.15) is 5.10 Å². The van der Waals surface area contributed by atoms with Gasteiger partial charge in [-0.1, -0.05) is 23.7 Å². The van der Waals surface area contributed by atoms with Crippen molar-refractivity contribution in [1.82, 2.24) is 15.2 Å². The fraction of sp³-hybridized carbons (Fsp3) is 0.250. The highest BCUT2D eigenvalue weighted by molar-refractivity contribution is 6.30. The molecule has 0 aliphatic rings. The number of hydrazine groups is 1. The van der Waals surface area contributed by atoms with Crippen molar-refractivity contribution in [3.8, 4) is 0 Å². The van der Waals surface area contributed by atoms with Gasteiger partial charge in [-0.3, -0.25) is 16.0 Å². The second-order valence-corrected chi connectivity index (χ2v) is 4.43. The highest BCUT2D eigenvalue weighted by Crippen LogP contribution is 2.18. The first-order valence-corrected chi connectivity index (χ1v) is 5.76. The summed E-state index contributed by atoms with van der Waals surface area (Å²) < 4.78 is 1.77.